The van der Waals surface area contributed by atoms with Gasteiger partial charge in [0.25, 0.3) is 0 Å². The highest BCUT2D eigenvalue weighted by Gasteiger charge is 2.00. The van der Waals surface area contributed by atoms with Crippen molar-refractivity contribution in [3.63, 3.8) is 0 Å². The van der Waals surface area contributed by atoms with E-state index in [4.69, 9.17) is 0 Å². The molecule has 5 heteroatoms. The molecule has 0 aliphatic rings. The lowest BCUT2D eigenvalue weighted by atomic mass is 10.5. The van der Waals surface area contributed by atoms with Gasteiger partial charge in [-0.15, -0.1) is 0 Å². The van der Waals surface area contributed by atoms with Crippen molar-refractivity contribution in [1.82, 2.24) is 14.9 Å². The summed E-state index contributed by atoms with van der Waals surface area (Å²) in [5.41, 5.74) is 1.20. The predicted molar refractivity (Wildman–Crippen MR) is 56.9 cm³/mol. The van der Waals surface area contributed by atoms with Gasteiger partial charge < -0.3 is 9.88 Å². The summed E-state index contributed by atoms with van der Waals surface area (Å²) in [5.74, 6) is 0.893. The number of hydrogen-bond acceptors (Lipinski definition) is 3. The van der Waals surface area contributed by atoms with E-state index in [1.165, 1.54) is 5.69 Å². The number of rotatable bonds is 2. The molecule has 0 aliphatic carbocycles. The van der Waals surface area contributed by atoms with Crippen LogP contribution in [0.5, 0.6) is 0 Å². The van der Waals surface area contributed by atoms with Crippen molar-refractivity contribution in [3.05, 3.63) is 18.2 Å². The second-order valence-corrected chi connectivity index (χ2v) is 3.53. The van der Waals surface area contributed by atoms with Crippen LogP contribution in [0.15, 0.2) is 17.5 Å². The van der Waals surface area contributed by atoms with Crippen LogP contribution < -0.4 is 5.32 Å². The number of aliphatic imine (C=N–C) groups is 1. The molecule has 1 N–H and O–H groups in total. The molecule has 0 atom stereocenters. The van der Waals surface area contributed by atoms with Gasteiger partial charge in [-0.1, -0.05) is 11.8 Å². The van der Waals surface area contributed by atoms with Crippen molar-refractivity contribution in [2.75, 3.05) is 14.1 Å². The van der Waals surface area contributed by atoms with Crippen molar-refractivity contribution in [2.45, 2.75) is 5.75 Å². The topological polar surface area (TPSA) is 42.2 Å². The van der Waals surface area contributed by atoms with Crippen LogP contribution in [-0.4, -0.2) is 28.8 Å². The Kier molecular flexibility index (Phi) is 3.82. The van der Waals surface area contributed by atoms with Gasteiger partial charge >= 0.3 is 0 Å². The van der Waals surface area contributed by atoms with E-state index in [-0.39, 0.29) is 0 Å². The van der Waals surface area contributed by atoms with Crippen LogP contribution in [0.4, 0.5) is 0 Å². The second-order valence-electron chi connectivity index (χ2n) is 2.56. The maximum Gasteiger partial charge on any atom is 0.156 e. The van der Waals surface area contributed by atoms with Crippen molar-refractivity contribution >= 4 is 16.9 Å². The fourth-order valence-corrected chi connectivity index (χ4v) is 1.75. The molecule has 72 valence electrons. The van der Waals surface area contributed by atoms with E-state index in [1.807, 2.05) is 24.9 Å². The lowest BCUT2D eigenvalue weighted by Crippen LogP contribution is -2.14. The zero-order chi connectivity index (χ0) is 9.68. The Balaban J connectivity index is 2.48. The summed E-state index contributed by atoms with van der Waals surface area (Å²) in [6.45, 7) is 0. The molecule has 1 aromatic heterocycles. The molecule has 13 heavy (non-hydrogen) atoms. The van der Waals surface area contributed by atoms with Gasteiger partial charge in [-0.05, 0) is 0 Å². The number of thioether (sulfide) groups is 1. The van der Waals surface area contributed by atoms with E-state index >= 15 is 0 Å². The Morgan fingerprint density at radius 2 is 2.54 bits per heavy atom. The third kappa shape index (κ3) is 2.77. The van der Waals surface area contributed by atoms with Crippen molar-refractivity contribution in [1.29, 1.82) is 0 Å². The highest BCUT2D eigenvalue weighted by atomic mass is 32.2. The van der Waals surface area contributed by atoms with Gasteiger partial charge in [-0.25, -0.2) is 4.98 Å². The molecule has 0 fully saturated rings. The lowest BCUT2D eigenvalue weighted by Gasteiger charge is -2.04. The average Bonchev–Trinajstić information content (AvgIpc) is 2.54. The van der Waals surface area contributed by atoms with Gasteiger partial charge in [0.1, 0.15) is 0 Å². The molecule has 1 heterocycles. The molecule has 1 aromatic rings. The van der Waals surface area contributed by atoms with Crippen LogP contribution in [-0.2, 0) is 12.8 Å². The van der Waals surface area contributed by atoms with Crippen LogP contribution in [0.25, 0.3) is 0 Å². The van der Waals surface area contributed by atoms with Crippen LogP contribution >= 0.6 is 11.8 Å². The quantitative estimate of drug-likeness (QED) is 0.566. The Bertz CT molecular complexity index is 292. The zero-order valence-electron chi connectivity index (χ0n) is 8.11. The summed E-state index contributed by atoms with van der Waals surface area (Å²) in [6.07, 6.45) is 3.67. The molecule has 0 amide bonds. The minimum absolute atomic E-state index is 0.893. The van der Waals surface area contributed by atoms with E-state index in [0.717, 1.165) is 10.9 Å². The van der Waals surface area contributed by atoms with Crippen LogP contribution in [0, 0.1) is 0 Å². The average molecular weight is 198 g/mol. The van der Waals surface area contributed by atoms with E-state index in [0.29, 0.717) is 0 Å². The molecule has 0 aliphatic heterocycles. The number of aryl methyl sites for hydroxylation is 1. The highest BCUT2D eigenvalue weighted by Crippen LogP contribution is 2.11. The molecule has 1 rings (SSSR count). The van der Waals surface area contributed by atoms with Crippen LogP contribution in [0.2, 0.25) is 0 Å². The first kappa shape index (κ1) is 10.1. The Morgan fingerprint density at radius 3 is 3.00 bits per heavy atom. The molecule has 0 spiro atoms. The van der Waals surface area contributed by atoms with E-state index in [9.17, 15) is 0 Å². The Hall–Kier alpha value is -0.970. The summed E-state index contributed by atoms with van der Waals surface area (Å²) in [4.78, 5) is 8.12. The lowest BCUT2D eigenvalue weighted by molar-refractivity contribution is 0.867. The first-order valence-corrected chi connectivity index (χ1v) is 4.99. The third-order valence-corrected chi connectivity index (χ3v) is 2.79. The minimum Gasteiger partial charge on any atom is -0.368 e. The molecule has 0 unspecified atom stereocenters. The third-order valence-electron chi connectivity index (χ3n) is 1.69. The molecule has 0 saturated heterocycles. The van der Waals surface area contributed by atoms with Crippen molar-refractivity contribution < 1.29 is 0 Å². The molecule has 4 nitrogen and oxygen atoms in total. The predicted octanol–water partition coefficient (Wildman–Crippen LogP) is 0.859. The molecular formula is C8H14N4S. The summed E-state index contributed by atoms with van der Waals surface area (Å²) >= 11 is 1.67. The number of nitrogens with one attached hydrogen (secondary N) is 1. The smallest absolute Gasteiger partial charge is 0.156 e. The van der Waals surface area contributed by atoms with Gasteiger partial charge in [-0.3, -0.25) is 4.99 Å². The number of amidine groups is 1. The highest BCUT2D eigenvalue weighted by molar-refractivity contribution is 8.13. The Morgan fingerprint density at radius 1 is 1.77 bits per heavy atom. The summed E-state index contributed by atoms with van der Waals surface area (Å²) in [7, 11) is 5.64. The molecule has 0 bridgehead atoms. The minimum atomic E-state index is 0.893. The van der Waals surface area contributed by atoms with Gasteiger partial charge in [0.2, 0.25) is 0 Å². The summed E-state index contributed by atoms with van der Waals surface area (Å²) < 4.78 is 2.01. The fourth-order valence-electron chi connectivity index (χ4n) is 0.915. The monoisotopic (exact) mass is 198 g/mol. The van der Waals surface area contributed by atoms with Gasteiger partial charge in [-0.2, -0.15) is 0 Å². The van der Waals surface area contributed by atoms with Crippen LogP contribution in [0.1, 0.15) is 5.69 Å². The normalized spacial score (nSPS) is 11.8. The maximum atomic E-state index is 4.07. The Labute approximate surface area is 82.5 Å². The summed E-state index contributed by atoms with van der Waals surface area (Å²) in [5, 5.41) is 3.96. The van der Waals surface area contributed by atoms with E-state index < -0.39 is 0 Å². The van der Waals surface area contributed by atoms with Crippen LogP contribution in [0.3, 0.4) is 0 Å². The van der Waals surface area contributed by atoms with Gasteiger partial charge in [0, 0.05) is 38.8 Å². The second kappa shape index (κ2) is 4.91. The van der Waals surface area contributed by atoms with Crippen molar-refractivity contribution in [3.8, 4) is 0 Å². The standard InChI is InChI=1S/C8H14N4S/c1-9-8(10-2)13-5-7-4-11-6-12(7)3/h4,6H,5H2,1-3H3,(H,9,10). The summed E-state index contributed by atoms with van der Waals surface area (Å²) in [6, 6.07) is 0. The van der Waals surface area contributed by atoms with Gasteiger partial charge in [0.15, 0.2) is 5.17 Å². The first-order chi connectivity index (χ1) is 6.27. The molecule has 0 radical (unpaired) electrons. The fraction of sp³-hybridized carbons (Fsp3) is 0.500. The molecule has 0 aromatic carbocycles. The maximum absolute atomic E-state index is 4.07. The largest absolute Gasteiger partial charge is 0.368 e. The number of imidazole rings is 1. The SMILES string of the molecule is CN=C(NC)SCc1cncn1C. The number of nitrogens with zero attached hydrogens (tertiary/aromatic N) is 3. The first-order valence-electron chi connectivity index (χ1n) is 4.00. The van der Waals surface area contributed by atoms with E-state index in [2.05, 4.69) is 15.3 Å². The number of aromatic nitrogens is 2. The zero-order valence-corrected chi connectivity index (χ0v) is 8.93. The van der Waals surface area contributed by atoms with E-state index in [1.54, 1.807) is 25.1 Å². The number of hydrogen-bond donors (Lipinski definition) is 1. The van der Waals surface area contributed by atoms with Gasteiger partial charge in [0.05, 0.1) is 6.33 Å². The molecular weight excluding hydrogens is 184 g/mol. The molecule has 0 saturated carbocycles. The van der Waals surface area contributed by atoms with Crippen molar-refractivity contribution in [2.24, 2.45) is 12.0 Å².